The number of hydrogen-bond acceptors (Lipinski definition) is 5. The van der Waals surface area contributed by atoms with Crippen molar-refractivity contribution in [2.24, 2.45) is 7.05 Å². The van der Waals surface area contributed by atoms with E-state index in [4.69, 9.17) is 0 Å². The first-order chi connectivity index (χ1) is 11.8. The second-order valence-electron chi connectivity index (χ2n) is 6.06. The zero-order valence-electron chi connectivity index (χ0n) is 13.7. The number of rotatable bonds is 3. The topological polar surface area (TPSA) is 58.9 Å². The van der Waals surface area contributed by atoms with Crippen LogP contribution >= 0.6 is 0 Å². The Bertz CT molecular complexity index is 827. The highest BCUT2D eigenvalue weighted by Crippen LogP contribution is 2.25. The van der Waals surface area contributed by atoms with E-state index in [-0.39, 0.29) is 0 Å². The van der Waals surface area contributed by atoms with E-state index >= 15 is 0 Å². The lowest BCUT2D eigenvalue weighted by Gasteiger charge is -2.19. The average Bonchev–Trinajstić information content (AvgIpc) is 2.92. The summed E-state index contributed by atoms with van der Waals surface area (Å²) in [6.45, 7) is 3.74. The Hall–Kier alpha value is -2.73. The summed E-state index contributed by atoms with van der Waals surface area (Å²) < 4.78 is 1.85. The average molecular weight is 320 g/mol. The summed E-state index contributed by atoms with van der Waals surface area (Å²) in [6.07, 6.45) is 7.48. The van der Waals surface area contributed by atoms with Gasteiger partial charge in [-0.25, -0.2) is 0 Å². The third-order valence-corrected chi connectivity index (χ3v) is 4.36. The van der Waals surface area contributed by atoms with Crippen LogP contribution in [0.25, 0.3) is 11.4 Å². The maximum atomic E-state index is 4.64. The van der Waals surface area contributed by atoms with Crippen LogP contribution in [0.5, 0.6) is 0 Å². The molecule has 24 heavy (non-hydrogen) atoms. The molecule has 0 spiro atoms. The van der Waals surface area contributed by atoms with Crippen molar-refractivity contribution in [2.75, 3.05) is 18.4 Å². The number of nitrogens with zero attached hydrogens (tertiary/aromatic N) is 5. The molecular formula is C18H20N6. The second kappa shape index (κ2) is 6.41. The zero-order valence-corrected chi connectivity index (χ0v) is 13.7. The van der Waals surface area contributed by atoms with Gasteiger partial charge in [-0.2, -0.15) is 5.10 Å². The van der Waals surface area contributed by atoms with Crippen LogP contribution in [0.4, 0.5) is 5.69 Å². The molecule has 0 radical (unpaired) electrons. The summed E-state index contributed by atoms with van der Waals surface area (Å²) >= 11 is 0. The largest absolute Gasteiger partial charge is 0.383 e. The van der Waals surface area contributed by atoms with Crippen molar-refractivity contribution in [3.8, 4) is 11.4 Å². The SMILES string of the molecule is Cn1nccc1-c1cc2c(cn1)CN(Cc1ccncc1)CCN2. The molecule has 122 valence electrons. The number of fused-ring (bicyclic) bond motifs is 1. The van der Waals surface area contributed by atoms with Crippen molar-refractivity contribution in [1.82, 2.24) is 24.6 Å². The van der Waals surface area contributed by atoms with E-state index in [2.05, 4.69) is 43.5 Å². The molecule has 3 aromatic heterocycles. The summed E-state index contributed by atoms with van der Waals surface area (Å²) in [5.41, 5.74) is 5.65. The Morgan fingerprint density at radius 2 is 2.04 bits per heavy atom. The molecule has 0 atom stereocenters. The van der Waals surface area contributed by atoms with Gasteiger partial charge in [0.15, 0.2) is 0 Å². The van der Waals surface area contributed by atoms with Gasteiger partial charge >= 0.3 is 0 Å². The van der Waals surface area contributed by atoms with Crippen LogP contribution in [0.1, 0.15) is 11.1 Å². The highest BCUT2D eigenvalue weighted by molar-refractivity contribution is 5.63. The third kappa shape index (κ3) is 3.00. The standard InChI is InChI=1S/C18H20N6/c1-23-18(4-7-22-23)17-10-16-15(11-21-17)13-24(9-8-20-16)12-14-2-5-19-6-3-14/h2-7,10-11,20H,8-9,12-13H2,1H3. The smallest absolute Gasteiger partial charge is 0.0903 e. The van der Waals surface area contributed by atoms with E-state index in [9.17, 15) is 0 Å². The molecule has 1 aliphatic heterocycles. The molecule has 0 amide bonds. The Morgan fingerprint density at radius 3 is 2.83 bits per heavy atom. The molecular weight excluding hydrogens is 300 g/mol. The zero-order chi connectivity index (χ0) is 16.4. The predicted molar refractivity (Wildman–Crippen MR) is 93.3 cm³/mol. The molecule has 0 bridgehead atoms. The van der Waals surface area contributed by atoms with Crippen LogP contribution in [0.3, 0.4) is 0 Å². The quantitative estimate of drug-likeness (QED) is 0.802. The molecule has 4 heterocycles. The van der Waals surface area contributed by atoms with E-state index in [1.165, 1.54) is 16.8 Å². The highest BCUT2D eigenvalue weighted by atomic mass is 15.3. The molecule has 1 N–H and O–H groups in total. The molecule has 0 aliphatic carbocycles. The number of hydrogen-bond donors (Lipinski definition) is 1. The van der Waals surface area contributed by atoms with Crippen LogP contribution in [-0.4, -0.2) is 37.7 Å². The molecule has 0 saturated carbocycles. The molecule has 6 heteroatoms. The summed E-state index contributed by atoms with van der Waals surface area (Å²) in [5.74, 6) is 0. The van der Waals surface area contributed by atoms with Gasteiger partial charge in [0.1, 0.15) is 0 Å². The Kier molecular flexibility index (Phi) is 3.96. The Morgan fingerprint density at radius 1 is 1.17 bits per heavy atom. The Balaban J connectivity index is 1.57. The van der Waals surface area contributed by atoms with E-state index < -0.39 is 0 Å². The third-order valence-electron chi connectivity index (χ3n) is 4.36. The van der Waals surface area contributed by atoms with Crippen molar-refractivity contribution < 1.29 is 0 Å². The fourth-order valence-corrected chi connectivity index (χ4v) is 3.09. The van der Waals surface area contributed by atoms with Crippen molar-refractivity contribution in [1.29, 1.82) is 0 Å². The number of aromatic nitrogens is 4. The predicted octanol–water partition coefficient (Wildman–Crippen LogP) is 2.30. The summed E-state index contributed by atoms with van der Waals surface area (Å²) in [5, 5.41) is 7.76. The van der Waals surface area contributed by atoms with Gasteiger partial charge in [-0.05, 0) is 29.8 Å². The van der Waals surface area contributed by atoms with Crippen LogP contribution in [0.2, 0.25) is 0 Å². The first-order valence-electron chi connectivity index (χ1n) is 8.12. The van der Waals surface area contributed by atoms with Gasteiger partial charge in [0, 0.05) is 69.3 Å². The molecule has 4 rings (SSSR count). The van der Waals surface area contributed by atoms with E-state index in [0.29, 0.717) is 0 Å². The lowest BCUT2D eigenvalue weighted by molar-refractivity contribution is 0.271. The molecule has 0 saturated heterocycles. The molecule has 3 aromatic rings. The minimum Gasteiger partial charge on any atom is -0.383 e. The highest BCUT2D eigenvalue weighted by Gasteiger charge is 2.16. The number of nitrogens with one attached hydrogen (secondary N) is 1. The van der Waals surface area contributed by atoms with Crippen molar-refractivity contribution >= 4 is 5.69 Å². The number of anilines is 1. The van der Waals surface area contributed by atoms with Gasteiger partial charge in [0.2, 0.25) is 0 Å². The molecule has 0 aromatic carbocycles. The fourth-order valence-electron chi connectivity index (χ4n) is 3.09. The van der Waals surface area contributed by atoms with Gasteiger partial charge in [-0.1, -0.05) is 0 Å². The van der Waals surface area contributed by atoms with Crippen molar-refractivity contribution in [3.63, 3.8) is 0 Å². The number of aryl methyl sites for hydroxylation is 1. The van der Waals surface area contributed by atoms with Crippen molar-refractivity contribution in [2.45, 2.75) is 13.1 Å². The first kappa shape index (κ1) is 14.8. The van der Waals surface area contributed by atoms with Crippen LogP contribution in [0.15, 0.2) is 49.1 Å². The molecule has 1 aliphatic rings. The van der Waals surface area contributed by atoms with Gasteiger partial charge < -0.3 is 5.32 Å². The van der Waals surface area contributed by atoms with Gasteiger partial charge in [0.05, 0.1) is 11.4 Å². The molecule has 0 unspecified atom stereocenters. The van der Waals surface area contributed by atoms with Crippen molar-refractivity contribution in [3.05, 3.63) is 60.2 Å². The van der Waals surface area contributed by atoms with Crippen LogP contribution < -0.4 is 5.32 Å². The monoisotopic (exact) mass is 320 g/mol. The summed E-state index contributed by atoms with van der Waals surface area (Å²) in [6, 6.07) is 8.26. The summed E-state index contributed by atoms with van der Waals surface area (Å²) in [4.78, 5) is 11.2. The van der Waals surface area contributed by atoms with E-state index in [1.54, 1.807) is 6.20 Å². The maximum absolute atomic E-state index is 4.64. The first-order valence-corrected chi connectivity index (χ1v) is 8.12. The maximum Gasteiger partial charge on any atom is 0.0903 e. The lowest BCUT2D eigenvalue weighted by atomic mass is 10.1. The second-order valence-corrected chi connectivity index (χ2v) is 6.06. The van der Waals surface area contributed by atoms with Crippen LogP contribution in [0, 0.1) is 0 Å². The van der Waals surface area contributed by atoms with Gasteiger partial charge in [-0.15, -0.1) is 0 Å². The van der Waals surface area contributed by atoms with E-state index in [1.807, 2.05) is 36.4 Å². The van der Waals surface area contributed by atoms with E-state index in [0.717, 1.165) is 37.6 Å². The van der Waals surface area contributed by atoms with Gasteiger partial charge in [0.25, 0.3) is 0 Å². The minimum absolute atomic E-state index is 0.892. The normalized spacial score (nSPS) is 14.7. The molecule has 6 nitrogen and oxygen atoms in total. The Labute approximate surface area is 141 Å². The molecule has 0 fully saturated rings. The summed E-state index contributed by atoms with van der Waals surface area (Å²) in [7, 11) is 1.94. The number of pyridine rings is 2. The van der Waals surface area contributed by atoms with Gasteiger partial charge in [-0.3, -0.25) is 19.5 Å². The minimum atomic E-state index is 0.892. The van der Waals surface area contributed by atoms with Crippen LogP contribution in [-0.2, 0) is 20.1 Å². The fraction of sp³-hybridized carbons (Fsp3) is 0.278. The lowest BCUT2D eigenvalue weighted by Crippen LogP contribution is -2.25.